The monoisotopic (exact) mass is 478 g/mol. The van der Waals surface area contributed by atoms with Crippen LogP contribution in [0.2, 0.25) is 0 Å². The topological polar surface area (TPSA) is 79.7 Å². The lowest BCUT2D eigenvalue weighted by molar-refractivity contribution is -0.132. The number of benzene rings is 2. The number of rotatable bonds is 6. The molecular weight excluding hydrogens is 454 g/mol. The number of aromatic nitrogens is 1. The van der Waals surface area contributed by atoms with Gasteiger partial charge in [0, 0.05) is 24.0 Å². The van der Waals surface area contributed by atoms with Crippen LogP contribution in [-0.4, -0.2) is 28.4 Å². The van der Waals surface area contributed by atoms with Crippen LogP contribution in [0.1, 0.15) is 49.4 Å². The number of amides is 1. The van der Waals surface area contributed by atoms with Gasteiger partial charge in [0.25, 0.3) is 11.7 Å². The Morgan fingerprint density at radius 1 is 1.09 bits per heavy atom. The van der Waals surface area contributed by atoms with Gasteiger partial charge in [-0.1, -0.05) is 13.8 Å². The molecule has 3 aromatic rings. The zero-order valence-electron chi connectivity index (χ0n) is 19.5. The minimum Gasteiger partial charge on any atom is -0.507 e. The largest absolute Gasteiger partial charge is 0.507 e. The van der Waals surface area contributed by atoms with Gasteiger partial charge >= 0.3 is 0 Å². The summed E-state index contributed by atoms with van der Waals surface area (Å²) in [4.78, 5) is 31.2. The van der Waals surface area contributed by atoms with Gasteiger partial charge in [-0.3, -0.25) is 19.5 Å². The number of aliphatic hydroxyl groups is 1. The van der Waals surface area contributed by atoms with Crippen LogP contribution in [0, 0.1) is 11.6 Å². The van der Waals surface area contributed by atoms with Crippen molar-refractivity contribution in [3.8, 4) is 5.75 Å². The SMILES string of the molecule is CCOc1ccc(/C(O)=C2/C(=O)C(=O)N(c3ccc(F)cc3F)C2c2ccncc2)cc1C(C)C. The number of ether oxygens (including phenoxy) is 1. The second-order valence-corrected chi connectivity index (χ2v) is 8.39. The number of aliphatic hydroxyl groups excluding tert-OH is 1. The number of Topliss-reactive ketones (excluding diaryl/α,β-unsaturated/α-hetero) is 1. The van der Waals surface area contributed by atoms with Crippen LogP contribution in [0.3, 0.4) is 0 Å². The Kier molecular flexibility index (Phi) is 6.64. The smallest absolute Gasteiger partial charge is 0.300 e. The minimum absolute atomic E-state index is 0.0519. The lowest BCUT2D eigenvalue weighted by Gasteiger charge is -2.25. The Bertz CT molecular complexity index is 1320. The molecule has 1 aliphatic rings. The third-order valence-corrected chi connectivity index (χ3v) is 5.84. The fourth-order valence-electron chi connectivity index (χ4n) is 4.21. The maximum atomic E-state index is 14.8. The minimum atomic E-state index is -1.15. The second kappa shape index (κ2) is 9.66. The molecule has 0 spiro atoms. The molecule has 1 N–H and O–H groups in total. The third kappa shape index (κ3) is 4.39. The average Bonchev–Trinajstić information content (AvgIpc) is 3.10. The molecule has 0 aliphatic carbocycles. The van der Waals surface area contributed by atoms with Gasteiger partial charge in [-0.2, -0.15) is 0 Å². The van der Waals surface area contributed by atoms with Crippen LogP contribution >= 0.6 is 0 Å². The van der Waals surface area contributed by atoms with E-state index in [2.05, 4.69) is 4.98 Å². The summed E-state index contributed by atoms with van der Waals surface area (Å²) in [5.41, 5.74) is 1.08. The first kappa shape index (κ1) is 24.1. The standard InChI is InChI=1S/C27H24F2N2O4/c1-4-35-22-8-5-17(13-19(22)15(2)3)25(32)23-24(16-9-11-30-12-10-16)31(27(34)26(23)33)21-7-6-18(28)14-20(21)29/h5-15,24,32H,4H2,1-3H3/b25-23-. The first-order valence-electron chi connectivity index (χ1n) is 11.2. The van der Waals surface area contributed by atoms with Gasteiger partial charge in [-0.05, 0) is 66.4 Å². The summed E-state index contributed by atoms with van der Waals surface area (Å²) in [7, 11) is 0. The molecule has 1 aliphatic heterocycles. The van der Waals surface area contributed by atoms with Crippen molar-refractivity contribution in [1.29, 1.82) is 0 Å². The zero-order valence-corrected chi connectivity index (χ0v) is 19.5. The maximum Gasteiger partial charge on any atom is 0.300 e. The molecule has 2 aromatic carbocycles. The summed E-state index contributed by atoms with van der Waals surface area (Å²) in [6.07, 6.45) is 2.93. The van der Waals surface area contributed by atoms with E-state index in [1.807, 2.05) is 20.8 Å². The van der Waals surface area contributed by atoms with Crippen LogP contribution in [0.15, 0.2) is 66.5 Å². The molecule has 1 saturated heterocycles. The predicted molar refractivity (Wildman–Crippen MR) is 127 cm³/mol. The third-order valence-electron chi connectivity index (χ3n) is 5.84. The van der Waals surface area contributed by atoms with E-state index in [9.17, 15) is 23.5 Å². The van der Waals surface area contributed by atoms with E-state index in [0.717, 1.165) is 22.6 Å². The molecule has 35 heavy (non-hydrogen) atoms. The Balaban J connectivity index is 1.94. The van der Waals surface area contributed by atoms with E-state index in [0.29, 0.717) is 29.5 Å². The summed E-state index contributed by atoms with van der Waals surface area (Å²) in [6.45, 7) is 6.26. The number of nitrogens with zero attached hydrogens (tertiary/aromatic N) is 2. The number of carbonyl (C=O) groups excluding carboxylic acids is 2. The van der Waals surface area contributed by atoms with E-state index < -0.39 is 35.1 Å². The molecule has 1 fully saturated rings. The first-order valence-corrected chi connectivity index (χ1v) is 11.2. The van der Waals surface area contributed by atoms with Crippen LogP contribution in [0.25, 0.3) is 5.76 Å². The molecule has 1 aromatic heterocycles. The summed E-state index contributed by atoms with van der Waals surface area (Å²) in [6, 6.07) is 9.73. The maximum absolute atomic E-state index is 14.8. The van der Waals surface area contributed by atoms with Crippen molar-refractivity contribution in [3.63, 3.8) is 0 Å². The van der Waals surface area contributed by atoms with Crippen molar-refractivity contribution in [2.24, 2.45) is 0 Å². The Hall–Kier alpha value is -4.07. The molecule has 1 amide bonds. The van der Waals surface area contributed by atoms with Gasteiger partial charge in [0.05, 0.1) is 23.9 Å². The van der Waals surface area contributed by atoms with Crippen LogP contribution in [-0.2, 0) is 9.59 Å². The van der Waals surface area contributed by atoms with Gasteiger partial charge in [-0.25, -0.2) is 8.78 Å². The lowest BCUT2D eigenvalue weighted by atomic mass is 9.93. The number of halogens is 2. The van der Waals surface area contributed by atoms with Gasteiger partial charge in [-0.15, -0.1) is 0 Å². The highest BCUT2D eigenvalue weighted by molar-refractivity contribution is 6.51. The molecule has 180 valence electrons. The molecule has 0 radical (unpaired) electrons. The molecule has 1 unspecified atom stereocenters. The van der Waals surface area contributed by atoms with Gasteiger partial charge < -0.3 is 9.84 Å². The summed E-state index contributed by atoms with van der Waals surface area (Å²) >= 11 is 0. The Morgan fingerprint density at radius 3 is 2.43 bits per heavy atom. The van der Waals surface area contributed by atoms with Crippen molar-refractivity contribution in [3.05, 3.63) is 94.8 Å². The molecule has 0 saturated carbocycles. The van der Waals surface area contributed by atoms with Crippen molar-refractivity contribution in [1.82, 2.24) is 4.98 Å². The predicted octanol–water partition coefficient (Wildman–Crippen LogP) is 5.51. The number of anilines is 1. The highest BCUT2D eigenvalue weighted by Gasteiger charge is 2.47. The van der Waals surface area contributed by atoms with Crippen molar-refractivity contribution >= 4 is 23.1 Å². The van der Waals surface area contributed by atoms with Gasteiger partial charge in [0.2, 0.25) is 0 Å². The van der Waals surface area contributed by atoms with Crippen LogP contribution in [0.4, 0.5) is 14.5 Å². The summed E-state index contributed by atoms with van der Waals surface area (Å²) < 4.78 is 34.0. The van der Waals surface area contributed by atoms with Gasteiger partial charge in [0.1, 0.15) is 23.1 Å². The molecule has 0 bridgehead atoms. The van der Waals surface area contributed by atoms with E-state index in [-0.39, 0.29) is 17.2 Å². The molecular formula is C27H24F2N2O4. The number of pyridine rings is 1. The first-order chi connectivity index (χ1) is 16.7. The fourth-order valence-corrected chi connectivity index (χ4v) is 4.21. The number of ketones is 1. The van der Waals surface area contributed by atoms with Crippen molar-refractivity contribution in [2.75, 3.05) is 11.5 Å². The molecule has 4 rings (SSSR count). The Labute approximate surface area is 201 Å². The van der Waals surface area contributed by atoms with E-state index in [1.54, 1.807) is 30.3 Å². The fraction of sp³-hybridized carbons (Fsp3) is 0.222. The highest BCUT2D eigenvalue weighted by Crippen LogP contribution is 2.43. The van der Waals surface area contributed by atoms with E-state index in [1.165, 1.54) is 12.4 Å². The number of hydrogen-bond donors (Lipinski definition) is 1. The number of carbonyl (C=O) groups is 2. The average molecular weight is 478 g/mol. The highest BCUT2D eigenvalue weighted by atomic mass is 19.1. The molecule has 1 atom stereocenters. The quantitative estimate of drug-likeness (QED) is 0.287. The van der Waals surface area contributed by atoms with Crippen LogP contribution < -0.4 is 9.64 Å². The Morgan fingerprint density at radius 2 is 1.80 bits per heavy atom. The summed E-state index contributed by atoms with van der Waals surface area (Å²) in [5, 5.41) is 11.3. The summed E-state index contributed by atoms with van der Waals surface area (Å²) in [5.74, 6) is -3.54. The molecule has 6 nitrogen and oxygen atoms in total. The zero-order chi connectivity index (χ0) is 25.3. The van der Waals surface area contributed by atoms with E-state index >= 15 is 0 Å². The van der Waals surface area contributed by atoms with Gasteiger partial charge in [0.15, 0.2) is 0 Å². The van der Waals surface area contributed by atoms with Crippen molar-refractivity contribution < 1.29 is 28.2 Å². The van der Waals surface area contributed by atoms with E-state index in [4.69, 9.17) is 4.74 Å². The van der Waals surface area contributed by atoms with Crippen molar-refractivity contribution in [2.45, 2.75) is 32.7 Å². The second-order valence-electron chi connectivity index (χ2n) is 8.39. The lowest BCUT2D eigenvalue weighted by Crippen LogP contribution is -2.30. The number of hydrogen-bond acceptors (Lipinski definition) is 5. The normalized spacial score (nSPS) is 17.3. The molecule has 2 heterocycles. The van der Waals surface area contributed by atoms with Crippen LogP contribution in [0.5, 0.6) is 5.75 Å². The molecule has 8 heteroatoms.